The number of nitrogens with zero attached hydrogens (tertiary/aromatic N) is 1. The smallest absolute Gasteiger partial charge is 0.257 e. The Balaban J connectivity index is 2.42. The summed E-state index contributed by atoms with van der Waals surface area (Å²) in [7, 11) is 0. The summed E-state index contributed by atoms with van der Waals surface area (Å²) in [6.07, 6.45) is 3.02. The molecule has 0 heterocycles. The molecule has 3 nitrogen and oxygen atoms in total. The predicted molar refractivity (Wildman–Crippen MR) is 57.4 cm³/mol. The Morgan fingerprint density at radius 2 is 1.93 bits per heavy atom. The monoisotopic (exact) mass is 187 g/mol. The molecule has 0 unspecified atom stereocenters. The van der Waals surface area contributed by atoms with Crippen molar-refractivity contribution in [3.05, 3.63) is 35.2 Å². The van der Waals surface area contributed by atoms with E-state index in [1.807, 2.05) is 12.1 Å². The maximum atomic E-state index is 7.22. The highest BCUT2D eigenvalue weighted by Gasteiger charge is 2.45. The molecule has 1 aromatic carbocycles. The molecule has 2 rings (SSSR count). The molecule has 0 atom stereocenters. The van der Waals surface area contributed by atoms with Crippen LogP contribution in [0.3, 0.4) is 0 Å². The van der Waals surface area contributed by atoms with E-state index in [2.05, 4.69) is 4.85 Å². The molecule has 4 N–H and O–H groups in total. The van der Waals surface area contributed by atoms with Crippen molar-refractivity contribution in [2.45, 2.75) is 24.8 Å². The van der Waals surface area contributed by atoms with Crippen LogP contribution >= 0.6 is 0 Å². The van der Waals surface area contributed by atoms with Gasteiger partial charge < -0.3 is 16.3 Å². The zero-order valence-electron chi connectivity index (χ0n) is 7.96. The fourth-order valence-corrected chi connectivity index (χ4v) is 1.84. The number of rotatable bonds is 1. The van der Waals surface area contributed by atoms with Crippen LogP contribution in [0.4, 0.5) is 11.4 Å². The lowest BCUT2D eigenvalue weighted by molar-refractivity contribution is 0.310. The summed E-state index contributed by atoms with van der Waals surface area (Å²) in [5, 5.41) is 0. The fraction of sp³-hybridized carbons (Fsp3) is 0.364. The van der Waals surface area contributed by atoms with E-state index >= 15 is 0 Å². The minimum atomic E-state index is -0.304. The van der Waals surface area contributed by atoms with Crippen molar-refractivity contribution in [2.75, 3.05) is 11.5 Å². The molecule has 1 aliphatic carbocycles. The van der Waals surface area contributed by atoms with Crippen molar-refractivity contribution in [1.29, 1.82) is 0 Å². The molecule has 14 heavy (non-hydrogen) atoms. The second-order valence-corrected chi connectivity index (χ2v) is 3.84. The van der Waals surface area contributed by atoms with Gasteiger partial charge in [-0.2, -0.15) is 0 Å². The Bertz CT molecular complexity index is 399. The van der Waals surface area contributed by atoms with Crippen molar-refractivity contribution in [2.24, 2.45) is 0 Å². The van der Waals surface area contributed by atoms with Gasteiger partial charge in [0.05, 0.1) is 11.4 Å². The van der Waals surface area contributed by atoms with Crippen LogP contribution in [0.1, 0.15) is 24.8 Å². The molecule has 0 amide bonds. The van der Waals surface area contributed by atoms with E-state index in [-0.39, 0.29) is 5.54 Å². The van der Waals surface area contributed by atoms with E-state index in [1.54, 1.807) is 6.07 Å². The van der Waals surface area contributed by atoms with Crippen molar-refractivity contribution in [3.63, 3.8) is 0 Å². The minimum Gasteiger partial charge on any atom is -0.397 e. The van der Waals surface area contributed by atoms with Gasteiger partial charge >= 0.3 is 0 Å². The molecule has 0 aromatic heterocycles. The zero-order chi connectivity index (χ0) is 10.2. The first kappa shape index (κ1) is 8.89. The number of nitrogens with two attached hydrogens (primary N) is 2. The molecule has 1 aliphatic rings. The quantitative estimate of drug-likeness (QED) is 0.522. The summed E-state index contributed by atoms with van der Waals surface area (Å²) in [5.74, 6) is 0. The molecule has 1 saturated carbocycles. The maximum absolute atomic E-state index is 7.22. The van der Waals surface area contributed by atoms with Crippen LogP contribution in [0.5, 0.6) is 0 Å². The molecular formula is C11H13N3. The Kier molecular flexibility index (Phi) is 1.85. The zero-order valence-corrected chi connectivity index (χ0v) is 7.96. The highest BCUT2D eigenvalue weighted by molar-refractivity contribution is 5.65. The maximum Gasteiger partial charge on any atom is 0.257 e. The van der Waals surface area contributed by atoms with E-state index < -0.39 is 0 Å². The van der Waals surface area contributed by atoms with Crippen molar-refractivity contribution >= 4 is 11.4 Å². The molecule has 3 heteroatoms. The van der Waals surface area contributed by atoms with Crippen LogP contribution in [0.25, 0.3) is 4.85 Å². The topological polar surface area (TPSA) is 56.4 Å². The van der Waals surface area contributed by atoms with Crippen LogP contribution in [0, 0.1) is 6.57 Å². The van der Waals surface area contributed by atoms with Crippen LogP contribution in [-0.4, -0.2) is 0 Å². The molecular weight excluding hydrogens is 174 g/mol. The van der Waals surface area contributed by atoms with Crippen LogP contribution < -0.4 is 11.5 Å². The Labute approximate surface area is 83.5 Å². The third-order valence-electron chi connectivity index (χ3n) is 3.02. The molecule has 0 aliphatic heterocycles. The number of hydrogen-bond donors (Lipinski definition) is 2. The van der Waals surface area contributed by atoms with Crippen LogP contribution in [0.15, 0.2) is 18.2 Å². The van der Waals surface area contributed by atoms with Gasteiger partial charge in [0.15, 0.2) is 0 Å². The predicted octanol–water partition coefficient (Wildman–Crippen LogP) is 2.15. The molecule has 1 aromatic rings. The van der Waals surface area contributed by atoms with E-state index in [9.17, 15) is 0 Å². The number of nitrogen functional groups attached to an aromatic ring is 2. The first-order valence-corrected chi connectivity index (χ1v) is 4.72. The highest BCUT2D eigenvalue weighted by atomic mass is 14.8. The van der Waals surface area contributed by atoms with E-state index in [0.29, 0.717) is 11.4 Å². The standard InChI is InChI=1S/C11H13N3/c1-14-11(5-2-6-11)8-3-4-9(12)10(13)7-8/h3-4,7H,2,5-6,12-13H2. The number of anilines is 2. The van der Waals surface area contributed by atoms with Crippen molar-refractivity contribution < 1.29 is 0 Å². The summed E-state index contributed by atoms with van der Waals surface area (Å²) in [4.78, 5) is 3.72. The largest absolute Gasteiger partial charge is 0.397 e. The molecule has 0 bridgehead atoms. The third kappa shape index (κ3) is 1.12. The van der Waals surface area contributed by atoms with Crippen molar-refractivity contribution in [3.8, 4) is 0 Å². The summed E-state index contributed by atoms with van der Waals surface area (Å²) in [6.45, 7) is 7.22. The molecule has 1 fully saturated rings. The van der Waals surface area contributed by atoms with E-state index in [4.69, 9.17) is 18.0 Å². The van der Waals surface area contributed by atoms with Gasteiger partial charge in [0.2, 0.25) is 0 Å². The Morgan fingerprint density at radius 1 is 1.21 bits per heavy atom. The third-order valence-corrected chi connectivity index (χ3v) is 3.02. The summed E-state index contributed by atoms with van der Waals surface area (Å²) in [5.41, 5.74) is 13.2. The van der Waals surface area contributed by atoms with Crippen LogP contribution in [0.2, 0.25) is 0 Å². The van der Waals surface area contributed by atoms with Crippen LogP contribution in [-0.2, 0) is 5.54 Å². The Hall–Kier alpha value is -1.69. The Morgan fingerprint density at radius 3 is 2.36 bits per heavy atom. The lowest BCUT2D eigenvalue weighted by Gasteiger charge is -2.30. The van der Waals surface area contributed by atoms with Gasteiger partial charge in [-0.05, 0) is 24.6 Å². The fourth-order valence-electron chi connectivity index (χ4n) is 1.84. The average molecular weight is 187 g/mol. The summed E-state index contributed by atoms with van der Waals surface area (Å²) in [6, 6.07) is 5.55. The van der Waals surface area contributed by atoms with Gasteiger partial charge in [-0.15, -0.1) is 0 Å². The molecule has 0 spiro atoms. The molecule has 0 radical (unpaired) electrons. The first-order valence-electron chi connectivity index (χ1n) is 4.72. The summed E-state index contributed by atoms with van der Waals surface area (Å²) >= 11 is 0. The lowest BCUT2D eigenvalue weighted by Crippen LogP contribution is -2.30. The SMILES string of the molecule is [C-]#[N+]C1(c2ccc(N)c(N)c2)CCC1. The summed E-state index contributed by atoms with van der Waals surface area (Å²) < 4.78 is 0. The normalized spacial score (nSPS) is 18.2. The highest BCUT2D eigenvalue weighted by Crippen LogP contribution is 2.45. The minimum absolute atomic E-state index is 0.304. The van der Waals surface area contributed by atoms with Gasteiger partial charge in [0, 0.05) is 18.4 Å². The van der Waals surface area contributed by atoms with Crippen molar-refractivity contribution in [1.82, 2.24) is 0 Å². The van der Waals surface area contributed by atoms with Gasteiger partial charge in [0.25, 0.3) is 5.54 Å². The molecule has 0 saturated heterocycles. The van der Waals surface area contributed by atoms with Gasteiger partial charge in [-0.1, -0.05) is 0 Å². The van der Waals surface area contributed by atoms with E-state index in [0.717, 1.165) is 24.8 Å². The lowest BCUT2D eigenvalue weighted by atomic mass is 9.72. The number of benzene rings is 1. The van der Waals surface area contributed by atoms with Gasteiger partial charge in [-0.3, -0.25) is 0 Å². The second-order valence-electron chi connectivity index (χ2n) is 3.84. The second kappa shape index (κ2) is 2.91. The van der Waals surface area contributed by atoms with Gasteiger partial charge in [0.1, 0.15) is 0 Å². The number of hydrogen-bond acceptors (Lipinski definition) is 2. The van der Waals surface area contributed by atoms with E-state index in [1.165, 1.54) is 0 Å². The molecule has 72 valence electrons. The average Bonchev–Trinajstić information content (AvgIpc) is 2.10. The van der Waals surface area contributed by atoms with Gasteiger partial charge in [-0.25, -0.2) is 6.57 Å². The first-order chi connectivity index (χ1) is 6.68.